The van der Waals surface area contributed by atoms with Gasteiger partial charge < -0.3 is 32.9 Å². The zero-order valence-corrected chi connectivity index (χ0v) is 22.3. The van der Waals surface area contributed by atoms with Crippen LogP contribution in [0.2, 0.25) is 0 Å². The molecule has 0 atom stereocenters. The predicted octanol–water partition coefficient (Wildman–Crippen LogP) is 1.50. The van der Waals surface area contributed by atoms with Crippen molar-refractivity contribution in [3.8, 4) is 0 Å². The molecule has 0 bridgehead atoms. The number of rotatable bonds is 5. The van der Waals surface area contributed by atoms with Crippen LogP contribution in [0.1, 0.15) is 10.4 Å². The van der Waals surface area contributed by atoms with Gasteiger partial charge in [0.1, 0.15) is 11.1 Å². The van der Waals surface area contributed by atoms with Crippen molar-refractivity contribution in [2.75, 3.05) is 44.2 Å². The van der Waals surface area contributed by atoms with Crippen molar-refractivity contribution < 1.29 is 26.9 Å². The molecule has 43 heavy (non-hydrogen) atoms. The van der Waals surface area contributed by atoms with Crippen molar-refractivity contribution >= 4 is 45.0 Å². The third kappa shape index (κ3) is 5.52. The quantitative estimate of drug-likeness (QED) is 0.301. The minimum absolute atomic E-state index is 0.0793. The summed E-state index contributed by atoms with van der Waals surface area (Å²) >= 11 is 0. The van der Waals surface area contributed by atoms with Gasteiger partial charge in [-0.15, -0.1) is 0 Å². The Bertz CT molecular complexity index is 2080. The first-order valence-corrected chi connectivity index (χ1v) is 13.1. The number of carbonyl (C=O) groups is 1. The van der Waals surface area contributed by atoms with Gasteiger partial charge in [-0.2, -0.15) is 4.39 Å². The van der Waals surface area contributed by atoms with Gasteiger partial charge in [0.05, 0.1) is 17.5 Å². The summed E-state index contributed by atoms with van der Waals surface area (Å²) in [5, 5.41) is 2.62. The van der Waals surface area contributed by atoms with Crippen LogP contribution in [0.4, 0.5) is 10.1 Å². The second kappa shape index (κ2) is 11.4. The van der Waals surface area contributed by atoms with E-state index in [0.29, 0.717) is 57.0 Å². The molecule has 2 N–H and O–H groups in total. The van der Waals surface area contributed by atoms with Gasteiger partial charge in [0.15, 0.2) is 11.2 Å². The monoisotopic (exact) mass is 591 g/mol. The zero-order chi connectivity index (χ0) is 30.1. The van der Waals surface area contributed by atoms with Crippen LogP contribution in [0.25, 0.3) is 33.4 Å². The normalized spacial score (nSPS) is 13.8. The topological polar surface area (TPSA) is 185 Å². The Morgan fingerprint density at radius 1 is 0.814 bits per heavy atom. The molecular formula is C28H22FN5O9. The Morgan fingerprint density at radius 3 is 1.95 bits per heavy atom. The van der Waals surface area contributed by atoms with Gasteiger partial charge in [-0.1, -0.05) is 6.07 Å². The van der Waals surface area contributed by atoms with Crippen molar-refractivity contribution in [1.29, 1.82) is 0 Å². The molecule has 5 aromatic rings. The van der Waals surface area contributed by atoms with Gasteiger partial charge in [0, 0.05) is 63.5 Å². The Kier molecular flexibility index (Phi) is 7.29. The van der Waals surface area contributed by atoms with Crippen LogP contribution in [0.3, 0.4) is 0 Å². The molecule has 15 heteroatoms. The Balaban J connectivity index is 1.29. The summed E-state index contributed by atoms with van der Waals surface area (Å²) in [6.45, 7) is 3.27. The SMILES string of the molecule is O=C(NCCN1CCN(c2cccc3[nH]cnc23)CC1)c1c2oc(=O)ccc(=O)oc2c(F)c2oc(=O)ccc(=O)oc12. The van der Waals surface area contributed by atoms with E-state index >= 15 is 4.39 Å². The number of hydrogen-bond acceptors (Lipinski definition) is 12. The van der Waals surface area contributed by atoms with Crippen LogP contribution >= 0.6 is 0 Å². The van der Waals surface area contributed by atoms with E-state index in [1.807, 2.05) is 18.2 Å². The third-order valence-electron chi connectivity index (χ3n) is 6.87. The summed E-state index contributed by atoms with van der Waals surface area (Å²) in [6, 6.07) is 8.72. The van der Waals surface area contributed by atoms with E-state index in [9.17, 15) is 24.0 Å². The maximum absolute atomic E-state index is 15.5. The summed E-state index contributed by atoms with van der Waals surface area (Å²) in [7, 11) is 0. The number of piperazine rings is 1. The molecule has 0 radical (unpaired) electrons. The first kappa shape index (κ1) is 27.6. The molecule has 1 aliphatic rings. The Hall–Kier alpha value is -5.57. The van der Waals surface area contributed by atoms with Crippen molar-refractivity contribution in [3.63, 3.8) is 0 Å². The van der Waals surface area contributed by atoms with Gasteiger partial charge in [-0.25, -0.2) is 24.2 Å². The largest absolute Gasteiger partial charge is 0.418 e. The highest BCUT2D eigenvalue weighted by atomic mass is 19.1. The molecule has 3 aromatic heterocycles. The highest BCUT2D eigenvalue weighted by Crippen LogP contribution is 2.29. The molecule has 0 spiro atoms. The number of aromatic nitrogens is 2. The average Bonchev–Trinajstić information content (AvgIpc) is 3.47. The molecule has 1 fully saturated rings. The molecule has 0 aliphatic carbocycles. The maximum Gasteiger partial charge on any atom is 0.336 e. The zero-order valence-electron chi connectivity index (χ0n) is 22.3. The first-order valence-electron chi connectivity index (χ1n) is 13.1. The molecule has 14 nitrogen and oxygen atoms in total. The molecule has 0 saturated carbocycles. The summed E-state index contributed by atoms with van der Waals surface area (Å²) in [6.07, 6.45) is 1.65. The van der Waals surface area contributed by atoms with E-state index in [2.05, 4.69) is 25.1 Å². The second-order valence-corrected chi connectivity index (χ2v) is 9.52. The smallest absolute Gasteiger partial charge is 0.336 e. The molecule has 4 heterocycles. The second-order valence-electron chi connectivity index (χ2n) is 9.52. The lowest BCUT2D eigenvalue weighted by atomic mass is 10.1. The summed E-state index contributed by atoms with van der Waals surface area (Å²) in [5.74, 6) is -2.48. The molecule has 2 aromatic carbocycles. The fraction of sp³-hybridized carbons (Fsp3) is 0.214. The van der Waals surface area contributed by atoms with Gasteiger partial charge in [0.25, 0.3) is 5.91 Å². The van der Waals surface area contributed by atoms with Gasteiger partial charge in [-0.05, 0) is 12.1 Å². The van der Waals surface area contributed by atoms with Crippen LogP contribution in [0.5, 0.6) is 0 Å². The number of benzene rings is 2. The lowest BCUT2D eigenvalue weighted by molar-refractivity contribution is 0.0948. The number of fused-ring (bicyclic) bond motifs is 3. The molecule has 0 unspecified atom stereocenters. The fourth-order valence-corrected chi connectivity index (χ4v) is 4.86. The Labute approximate surface area is 238 Å². The molecule has 1 saturated heterocycles. The lowest BCUT2D eigenvalue weighted by Crippen LogP contribution is -2.48. The highest BCUT2D eigenvalue weighted by Gasteiger charge is 2.27. The lowest BCUT2D eigenvalue weighted by Gasteiger charge is -2.36. The minimum Gasteiger partial charge on any atom is -0.418 e. The standard InChI is InChI=1S/C28H22FN5O9/c29-22-26-24(40-17(35)4-6-19(37)42-26)21(25-27(22)43-20(38)7-5-18(36)41-25)28(39)30-8-9-33-10-12-34(13-11-33)16-3-1-2-15-23(16)32-14-31-15/h1-7,14H,8-13H2,(H,30,39)(H,31,32). The summed E-state index contributed by atoms with van der Waals surface area (Å²) in [4.78, 5) is 74.0. The number of hydrogen-bond donors (Lipinski definition) is 2. The van der Waals surface area contributed by atoms with E-state index in [4.69, 9.17) is 17.7 Å². The van der Waals surface area contributed by atoms with Crippen LogP contribution in [-0.2, 0) is 0 Å². The fourth-order valence-electron chi connectivity index (χ4n) is 4.86. The number of aromatic amines is 1. The van der Waals surface area contributed by atoms with Gasteiger partial charge >= 0.3 is 22.5 Å². The van der Waals surface area contributed by atoms with Crippen molar-refractivity contribution in [2.24, 2.45) is 0 Å². The third-order valence-corrected chi connectivity index (χ3v) is 6.87. The van der Waals surface area contributed by atoms with Crippen molar-refractivity contribution in [3.05, 3.63) is 102 Å². The van der Waals surface area contributed by atoms with E-state index in [1.54, 1.807) is 6.33 Å². The van der Waals surface area contributed by atoms with E-state index in [0.717, 1.165) is 16.7 Å². The number of H-pyrrole nitrogens is 1. The van der Waals surface area contributed by atoms with Crippen molar-refractivity contribution in [2.45, 2.75) is 0 Å². The minimum atomic E-state index is -1.50. The maximum atomic E-state index is 15.5. The predicted molar refractivity (Wildman–Crippen MR) is 150 cm³/mol. The molecule has 6 rings (SSSR count). The van der Waals surface area contributed by atoms with Gasteiger partial charge in [0.2, 0.25) is 17.0 Å². The molecule has 1 aliphatic heterocycles. The number of nitrogens with zero attached hydrogens (tertiary/aromatic N) is 3. The first-order chi connectivity index (χ1) is 20.8. The molecule has 1 amide bonds. The van der Waals surface area contributed by atoms with Crippen molar-refractivity contribution in [1.82, 2.24) is 20.2 Å². The number of carbonyl (C=O) groups excluding carboxylic acids is 1. The summed E-state index contributed by atoms with van der Waals surface area (Å²) in [5.41, 5.74) is -6.09. The van der Waals surface area contributed by atoms with E-state index < -0.39 is 62.1 Å². The molecular weight excluding hydrogens is 569 g/mol. The number of anilines is 1. The van der Waals surface area contributed by atoms with Crippen LogP contribution < -0.4 is 32.7 Å². The van der Waals surface area contributed by atoms with Crippen LogP contribution in [-0.4, -0.2) is 60.0 Å². The number of imidazole rings is 1. The summed E-state index contributed by atoms with van der Waals surface area (Å²) < 4.78 is 35.6. The average molecular weight is 592 g/mol. The van der Waals surface area contributed by atoms with Crippen LogP contribution in [0.15, 0.2) is 85.6 Å². The van der Waals surface area contributed by atoms with Gasteiger partial charge in [-0.3, -0.25) is 9.69 Å². The van der Waals surface area contributed by atoms with Crippen LogP contribution in [0, 0.1) is 5.82 Å². The van der Waals surface area contributed by atoms with E-state index in [-0.39, 0.29) is 6.54 Å². The number of halogens is 1. The Morgan fingerprint density at radius 2 is 1.37 bits per heavy atom. The molecule has 220 valence electrons. The number of nitrogens with one attached hydrogen (secondary N) is 2. The number of para-hydroxylation sites is 1. The highest BCUT2D eigenvalue weighted by molar-refractivity contribution is 6.13. The number of amides is 1. The van der Waals surface area contributed by atoms with E-state index in [1.165, 1.54) is 0 Å².